The van der Waals surface area contributed by atoms with E-state index in [0.717, 1.165) is 17.6 Å². The monoisotopic (exact) mass is 391 g/mol. The summed E-state index contributed by atoms with van der Waals surface area (Å²) in [7, 11) is 0. The van der Waals surface area contributed by atoms with Gasteiger partial charge in [0, 0.05) is 42.0 Å². The maximum Gasteiger partial charge on any atom is 0.321 e. The highest BCUT2D eigenvalue weighted by atomic mass is 79.9. The van der Waals surface area contributed by atoms with Gasteiger partial charge in [-0.05, 0) is 55.0 Å². The standard InChI is InChI=1S/C18H19BrFN3O/c1-13-12-14(19)2-7-17(13)22-8-10-23(11-9-22)18(24)21-16-5-3-15(20)4-6-16/h2-7,12H,8-11H2,1H3,(H,21,24). The molecule has 4 nitrogen and oxygen atoms in total. The van der Waals surface area contributed by atoms with Crippen LogP contribution in [-0.4, -0.2) is 37.1 Å². The van der Waals surface area contributed by atoms with Crippen molar-refractivity contribution in [1.82, 2.24) is 4.90 Å². The first-order chi connectivity index (χ1) is 11.5. The van der Waals surface area contributed by atoms with Crippen LogP contribution in [0.15, 0.2) is 46.9 Å². The lowest BCUT2D eigenvalue weighted by Crippen LogP contribution is -2.50. The summed E-state index contributed by atoms with van der Waals surface area (Å²) in [5.41, 5.74) is 3.03. The topological polar surface area (TPSA) is 35.6 Å². The van der Waals surface area contributed by atoms with Gasteiger partial charge in [0.15, 0.2) is 0 Å². The second-order valence-corrected chi connectivity index (χ2v) is 6.76. The highest BCUT2D eigenvalue weighted by Crippen LogP contribution is 2.25. The van der Waals surface area contributed by atoms with E-state index in [1.807, 2.05) is 6.07 Å². The Labute approximate surface area is 149 Å². The third kappa shape index (κ3) is 3.87. The summed E-state index contributed by atoms with van der Waals surface area (Å²) < 4.78 is 14.0. The molecule has 24 heavy (non-hydrogen) atoms. The fraction of sp³-hybridized carbons (Fsp3) is 0.278. The van der Waals surface area contributed by atoms with Gasteiger partial charge in [-0.2, -0.15) is 0 Å². The van der Waals surface area contributed by atoms with Crippen molar-refractivity contribution in [3.63, 3.8) is 0 Å². The van der Waals surface area contributed by atoms with Crippen molar-refractivity contribution >= 4 is 33.3 Å². The molecule has 0 radical (unpaired) electrons. The lowest BCUT2D eigenvalue weighted by atomic mass is 10.1. The molecule has 126 valence electrons. The van der Waals surface area contributed by atoms with Crippen LogP contribution in [0.1, 0.15) is 5.56 Å². The van der Waals surface area contributed by atoms with E-state index in [1.165, 1.54) is 23.4 Å². The predicted molar refractivity (Wildman–Crippen MR) is 98.1 cm³/mol. The molecule has 0 spiro atoms. The lowest BCUT2D eigenvalue weighted by Gasteiger charge is -2.36. The van der Waals surface area contributed by atoms with Crippen LogP contribution in [-0.2, 0) is 0 Å². The van der Waals surface area contributed by atoms with Gasteiger partial charge in [0.05, 0.1) is 0 Å². The van der Waals surface area contributed by atoms with Crippen LogP contribution in [0.4, 0.5) is 20.6 Å². The molecule has 6 heteroatoms. The zero-order valence-corrected chi connectivity index (χ0v) is 15.0. The number of halogens is 2. The second-order valence-electron chi connectivity index (χ2n) is 5.84. The van der Waals surface area contributed by atoms with E-state index in [1.54, 1.807) is 17.0 Å². The first-order valence-electron chi connectivity index (χ1n) is 7.85. The SMILES string of the molecule is Cc1cc(Br)ccc1N1CCN(C(=O)Nc2ccc(F)cc2)CC1. The highest BCUT2D eigenvalue weighted by Gasteiger charge is 2.22. The Hall–Kier alpha value is -2.08. The highest BCUT2D eigenvalue weighted by molar-refractivity contribution is 9.10. The number of hydrogen-bond donors (Lipinski definition) is 1. The molecular weight excluding hydrogens is 373 g/mol. The summed E-state index contributed by atoms with van der Waals surface area (Å²) in [6, 6.07) is 11.9. The Balaban J connectivity index is 1.58. The average molecular weight is 392 g/mol. The van der Waals surface area contributed by atoms with Crippen LogP contribution in [0.2, 0.25) is 0 Å². The summed E-state index contributed by atoms with van der Waals surface area (Å²) in [4.78, 5) is 16.4. The number of nitrogens with one attached hydrogen (secondary N) is 1. The van der Waals surface area contributed by atoms with Crippen molar-refractivity contribution in [2.45, 2.75) is 6.92 Å². The minimum atomic E-state index is -0.313. The van der Waals surface area contributed by atoms with Crippen molar-refractivity contribution in [2.75, 3.05) is 36.4 Å². The number of carbonyl (C=O) groups is 1. The fourth-order valence-electron chi connectivity index (χ4n) is 2.86. The summed E-state index contributed by atoms with van der Waals surface area (Å²) in [5, 5.41) is 2.81. The maximum atomic E-state index is 12.9. The summed E-state index contributed by atoms with van der Waals surface area (Å²) in [6.45, 7) is 4.98. The van der Waals surface area contributed by atoms with Gasteiger partial charge in [-0.25, -0.2) is 9.18 Å². The molecule has 1 aliphatic rings. The molecule has 3 rings (SSSR count). The predicted octanol–water partition coefficient (Wildman–Crippen LogP) is 4.25. The van der Waals surface area contributed by atoms with Crippen LogP contribution >= 0.6 is 15.9 Å². The molecule has 1 fully saturated rings. The van der Waals surface area contributed by atoms with Crippen molar-refractivity contribution in [1.29, 1.82) is 0 Å². The van der Waals surface area contributed by atoms with Gasteiger partial charge in [0.1, 0.15) is 5.82 Å². The zero-order valence-electron chi connectivity index (χ0n) is 13.4. The number of anilines is 2. The van der Waals surface area contributed by atoms with E-state index in [4.69, 9.17) is 0 Å². The van der Waals surface area contributed by atoms with Crippen LogP contribution in [0.25, 0.3) is 0 Å². The van der Waals surface area contributed by atoms with Crippen LogP contribution in [0, 0.1) is 12.7 Å². The summed E-state index contributed by atoms with van der Waals surface area (Å²) in [6.07, 6.45) is 0. The molecule has 0 unspecified atom stereocenters. The Morgan fingerprint density at radius 1 is 1.08 bits per heavy atom. The molecule has 1 N–H and O–H groups in total. The van der Waals surface area contributed by atoms with Crippen LogP contribution < -0.4 is 10.2 Å². The Bertz CT molecular complexity index is 728. The van der Waals surface area contributed by atoms with E-state index >= 15 is 0 Å². The van der Waals surface area contributed by atoms with Gasteiger partial charge in [-0.3, -0.25) is 0 Å². The summed E-state index contributed by atoms with van der Waals surface area (Å²) >= 11 is 3.48. The third-order valence-corrected chi connectivity index (χ3v) is 4.66. The first-order valence-corrected chi connectivity index (χ1v) is 8.65. The zero-order chi connectivity index (χ0) is 17.1. The van der Waals surface area contributed by atoms with Crippen molar-refractivity contribution in [3.05, 3.63) is 58.3 Å². The number of hydrogen-bond acceptors (Lipinski definition) is 2. The molecule has 2 aromatic rings. The van der Waals surface area contributed by atoms with Crippen molar-refractivity contribution in [2.24, 2.45) is 0 Å². The molecule has 0 saturated carbocycles. The molecular formula is C18H19BrFN3O. The molecule has 0 aliphatic carbocycles. The molecule has 2 aromatic carbocycles. The van der Waals surface area contributed by atoms with E-state index in [0.29, 0.717) is 18.8 Å². The molecule has 1 heterocycles. The number of rotatable bonds is 2. The molecule has 0 bridgehead atoms. The number of nitrogens with zero attached hydrogens (tertiary/aromatic N) is 2. The summed E-state index contributed by atoms with van der Waals surface area (Å²) in [5.74, 6) is -0.313. The Morgan fingerprint density at radius 3 is 2.38 bits per heavy atom. The average Bonchev–Trinajstić information content (AvgIpc) is 2.57. The van der Waals surface area contributed by atoms with E-state index in [9.17, 15) is 9.18 Å². The number of piperazine rings is 1. The van der Waals surface area contributed by atoms with Gasteiger partial charge < -0.3 is 15.1 Å². The van der Waals surface area contributed by atoms with Crippen molar-refractivity contribution < 1.29 is 9.18 Å². The number of urea groups is 1. The molecule has 1 saturated heterocycles. The largest absolute Gasteiger partial charge is 0.368 e. The quantitative estimate of drug-likeness (QED) is 0.830. The third-order valence-electron chi connectivity index (χ3n) is 4.16. The minimum Gasteiger partial charge on any atom is -0.368 e. The Morgan fingerprint density at radius 2 is 1.75 bits per heavy atom. The van der Waals surface area contributed by atoms with Gasteiger partial charge in [0.2, 0.25) is 0 Å². The molecule has 2 amide bonds. The van der Waals surface area contributed by atoms with Gasteiger partial charge in [-0.15, -0.1) is 0 Å². The van der Waals surface area contributed by atoms with E-state index in [2.05, 4.69) is 45.2 Å². The van der Waals surface area contributed by atoms with E-state index < -0.39 is 0 Å². The smallest absolute Gasteiger partial charge is 0.321 e. The van der Waals surface area contributed by atoms with Crippen LogP contribution in [0.5, 0.6) is 0 Å². The number of amides is 2. The molecule has 0 aromatic heterocycles. The molecule has 0 atom stereocenters. The maximum absolute atomic E-state index is 12.9. The molecule has 1 aliphatic heterocycles. The Kier molecular flexibility index (Phi) is 5.04. The van der Waals surface area contributed by atoms with Crippen molar-refractivity contribution in [3.8, 4) is 0 Å². The van der Waals surface area contributed by atoms with Gasteiger partial charge >= 0.3 is 6.03 Å². The number of aryl methyl sites for hydroxylation is 1. The normalized spacial score (nSPS) is 14.6. The van der Waals surface area contributed by atoms with Gasteiger partial charge in [-0.1, -0.05) is 15.9 Å². The minimum absolute atomic E-state index is 0.145. The second kappa shape index (κ2) is 7.21. The van der Waals surface area contributed by atoms with Gasteiger partial charge in [0.25, 0.3) is 0 Å². The number of benzene rings is 2. The lowest BCUT2D eigenvalue weighted by molar-refractivity contribution is 0.208. The first kappa shape index (κ1) is 16.8. The van der Waals surface area contributed by atoms with Crippen LogP contribution in [0.3, 0.4) is 0 Å². The number of carbonyl (C=O) groups excluding carboxylic acids is 1. The van der Waals surface area contributed by atoms with E-state index in [-0.39, 0.29) is 11.8 Å². The fourth-order valence-corrected chi connectivity index (χ4v) is 3.34.